The van der Waals surface area contributed by atoms with E-state index in [1.54, 1.807) is 19.1 Å². The Kier molecular flexibility index (Phi) is 7.71. The molecule has 0 saturated carbocycles. The first kappa shape index (κ1) is 21.7. The van der Waals surface area contributed by atoms with E-state index in [9.17, 15) is 9.18 Å². The normalized spacial score (nSPS) is 18.1. The second-order valence-corrected chi connectivity index (χ2v) is 6.66. The molecule has 0 N–H and O–H groups in total. The van der Waals surface area contributed by atoms with Gasteiger partial charge in [-0.2, -0.15) is 0 Å². The Morgan fingerprint density at radius 2 is 1.57 bits per heavy atom. The van der Waals surface area contributed by atoms with Gasteiger partial charge in [0.2, 0.25) is 5.60 Å². The molecule has 0 radical (unpaired) electrons. The number of hydrogen-bond donors (Lipinski definition) is 0. The molecule has 30 heavy (non-hydrogen) atoms. The Morgan fingerprint density at radius 1 is 0.933 bits per heavy atom. The van der Waals surface area contributed by atoms with E-state index in [4.69, 9.17) is 14.2 Å². The summed E-state index contributed by atoms with van der Waals surface area (Å²) >= 11 is 0. The van der Waals surface area contributed by atoms with Gasteiger partial charge in [-0.15, -0.1) is 0 Å². The summed E-state index contributed by atoms with van der Waals surface area (Å²) in [4.78, 5) is 12.7. The number of ether oxygens (including phenoxy) is 3. The summed E-state index contributed by atoms with van der Waals surface area (Å²) in [7, 11) is 0. The lowest BCUT2D eigenvalue weighted by molar-refractivity contribution is -0.202. The van der Waals surface area contributed by atoms with Gasteiger partial charge in [0.25, 0.3) is 0 Å². The molecule has 1 fully saturated rings. The molecule has 1 heterocycles. The Bertz CT molecular complexity index is 893. The maximum atomic E-state index is 13.2. The summed E-state index contributed by atoms with van der Waals surface area (Å²) in [6.45, 7) is 2.82. The lowest BCUT2D eigenvalue weighted by Crippen LogP contribution is -2.48. The van der Waals surface area contributed by atoms with E-state index in [1.165, 1.54) is 12.1 Å². The van der Waals surface area contributed by atoms with E-state index < -0.39 is 11.6 Å². The molecule has 1 aliphatic rings. The third kappa shape index (κ3) is 5.12. The van der Waals surface area contributed by atoms with Crippen molar-refractivity contribution in [2.75, 3.05) is 26.4 Å². The largest absolute Gasteiger partial charge is 0.464 e. The van der Waals surface area contributed by atoms with Crippen molar-refractivity contribution in [2.24, 2.45) is 0 Å². The van der Waals surface area contributed by atoms with Crippen molar-refractivity contribution in [2.45, 2.75) is 12.5 Å². The SMILES string of the molecule is CCOC(=O)C1(c2ccccc2-c2ccc(F)cc2)COCCO1.c1ccccc1. The van der Waals surface area contributed by atoms with Crippen molar-refractivity contribution in [1.29, 1.82) is 0 Å². The van der Waals surface area contributed by atoms with Crippen LogP contribution in [0.15, 0.2) is 84.9 Å². The molecule has 0 bridgehead atoms. The number of carbonyl (C=O) groups excluding carboxylic acids is 1. The molecule has 0 aliphatic carbocycles. The number of hydrogen-bond acceptors (Lipinski definition) is 4. The summed E-state index contributed by atoms with van der Waals surface area (Å²) in [5.41, 5.74) is 0.940. The molecule has 0 amide bonds. The third-order valence-electron chi connectivity index (χ3n) is 4.67. The predicted molar refractivity (Wildman–Crippen MR) is 113 cm³/mol. The molecule has 156 valence electrons. The van der Waals surface area contributed by atoms with Gasteiger partial charge in [-0.25, -0.2) is 9.18 Å². The van der Waals surface area contributed by atoms with Crippen LogP contribution in [0.25, 0.3) is 11.1 Å². The molecule has 4 nitrogen and oxygen atoms in total. The van der Waals surface area contributed by atoms with Crippen molar-refractivity contribution in [3.8, 4) is 11.1 Å². The van der Waals surface area contributed by atoms with Crippen LogP contribution >= 0.6 is 0 Å². The van der Waals surface area contributed by atoms with Gasteiger partial charge in [0.1, 0.15) is 5.82 Å². The predicted octanol–water partition coefficient (Wildman–Crippen LogP) is 4.98. The number of benzene rings is 3. The van der Waals surface area contributed by atoms with Crippen molar-refractivity contribution in [3.63, 3.8) is 0 Å². The van der Waals surface area contributed by atoms with Gasteiger partial charge in [0, 0.05) is 5.56 Å². The van der Waals surface area contributed by atoms with E-state index in [0.717, 1.165) is 11.1 Å². The Morgan fingerprint density at radius 3 is 2.13 bits per heavy atom. The standard InChI is InChI=1S/C19H19FO4.C6H6/c1-2-23-18(21)19(13-22-11-12-24-19)17-6-4-3-5-16(17)14-7-9-15(20)10-8-14;1-2-4-6-5-3-1/h3-10H,2,11-13H2,1H3;1-6H. The molecule has 3 aromatic rings. The smallest absolute Gasteiger partial charge is 0.345 e. The van der Waals surface area contributed by atoms with Gasteiger partial charge >= 0.3 is 5.97 Å². The minimum Gasteiger partial charge on any atom is -0.464 e. The summed E-state index contributed by atoms with van der Waals surface area (Å²) in [5, 5.41) is 0. The minimum atomic E-state index is -1.31. The van der Waals surface area contributed by atoms with Crippen LogP contribution in [0, 0.1) is 5.82 Å². The molecule has 0 aromatic heterocycles. The molecular formula is C25H25FO4. The van der Waals surface area contributed by atoms with Crippen LogP contribution in [0.2, 0.25) is 0 Å². The van der Waals surface area contributed by atoms with Crippen molar-refractivity contribution >= 4 is 5.97 Å². The van der Waals surface area contributed by atoms with Gasteiger partial charge < -0.3 is 14.2 Å². The average Bonchev–Trinajstić information content (AvgIpc) is 2.82. The summed E-state index contributed by atoms with van der Waals surface area (Å²) < 4.78 is 29.9. The molecule has 4 rings (SSSR count). The zero-order valence-corrected chi connectivity index (χ0v) is 16.9. The Hall–Kier alpha value is -3.02. The van der Waals surface area contributed by atoms with Crippen molar-refractivity contribution in [1.82, 2.24) is 0 Å². The third-order valence-corrected chi connectivity index (χ3v) is 4.67. The second kappa shape index (κ2) is 10.7. The monoisotopic (exact) mass is 408 g/mol. The Labute approximate surface area is 176 Å². The zero-order chi connectivity index (χ0) is 21.2. The molecule has 1 aliphatic heterocycles. The average molecular weight is 408 g/mol. The van der Waals surface area contributed by atoms with Crippen LogP contribution in [0.5, 0.6) is 0 Å². The first-order valence-electron chi connectivity index (χ1n) is 9.92. The van der Waals surface area contributed by atoms with E-state index in [1.807, 2.05) is 60.7 Å². The van der Waals surface area contributed by atoms with Crippen LogP contribution in [-0.4, -0.2) is 32.4 Å². The van der Waals surface area contributed by atoms with Crippen molar-refractivity contribution < 1.29 is 23.4 Å². The van der Waals surface area contributed by atoms with Gasteiger partial charge in [-0.3, -0.25) is 0 Å². The fourth-order valence-electron chi connectivity index (χ4n) is 3.26. The molecule has 3 aromatic carbocycles. The lowest BCUT2D eigenvalue weighted by atomic mass is 9.86. The summed E-state index contributed by atoms with van der Waals surface area (Å²) in [6.07, 6.45) is 0. The van der Waals surface area contributed by atoms with Crippen LogP contribution < -0.4 is 0 Å². The fraction of sp³-hybridized carbons (Fsp3) is 0.240. The first-order valence-corrected chi connectivity index (χ1v) is 9.92. The lowest BCUT2D eigenvalue weighted by Gasteiger charge is -2.36. The van der Waals surface area contributed by atoms with Crippen LogP contribution in [-0.2, 0) is 24.6 Å². The quantitative estimate of drug-likeness (QED) is 0.571. The zero-order valence-electron chi connectivity index (χ0n) is 16.9. The topological polar surface area (TPSA) is 44.8 Å². The highest BCUT2D eigenvalue weighted by Gasteiger charge is 2.46. The molecule has 1 saturated heterocycles. The minimum absolute atomic E-state index is 0.0873. The maximum absolute atomic E-state index is 13.2. The van der Waals surface area contributed by atoms with E-state index >= 15 is 0 Å². The van der Waals surface area contributed by atoms with E-state index in [-0.39, 0.29) is 19.0 Å². The second-order valence-electron chi connectivity index (χ2n) is 6.66. The van der Waals surface area contributed by atoms with E-state index in [2.05, 4.69) is 0 Å². The van der Waals surface area contributed by atoms with Gasteiger partial charge in [-0.05, 0) is 30.2 Å². The fourth-order valence-corrected chi connectivity index (χ4v) is 3.26. The summed E-state index contributed by atoms with van der Waals surface area (Å²) in [6, 6.07) is 25.5. The highest BCUT2D eigenvalue weighted by molar-refractivity contribution is 5.85. The molecule has 1 atom stereocenters. The molecule has 0 spiro atoms. The number of esters is 1. The van der Waals surface area contributed by atoms with Crippen LogP contribution in [0.4, 0.5) is 4.39 Å². The van der Waals surface area contributed by atoms with E-state index in [0.29, 0.717) is 18.8 Å². The highest BCUT2D eigenvalue weighted by Crippen LogP contribution is 2.37. The molecule has 1 unspecified atom stereocenters. The number of halogens is 1. The molecule has 5 heteroatoms. The van der Waals surface area contributed by atoms with Gasteiger partial charge in [0.15, 0.2) is 0 Å². The van der Waals surface area contributed by atoms with Crippen LogP contribution in [0.1, 0.15) is 12.5 Å². The first-order chi connectivity index (χ1) is 14.7. The van der Waals surface area contributed by atoms with Gasteiger partial charge in [0.05, 0.1) is 26.4 Å². The van der Waals surface area contributed by atoms with Crippen molar-refractivity contribution in [3.05, 3.63) is 96.3 Å². The number of rotatable bonds is 4. The highest BCUT2D eigenvalue weighted by atomic mass is 19.1. The van der Waals surface area contributed by atoms with Gasteiger partial charge in [-0.1, -0.05) is 72.8 Å². The Balaban J connectivity index is 0.000000367. The summed E-state index contributed by atoms with van der Waals surface area (Å²) in [5.74, 6) is -0.784. The maximum Gasteiger partial charge on any atom is 0.345 e. The number of carbonyl (C=O) groups is 1. The molecular weight excluding hydrogens is 383 g/mol. The van der Waals surface area contributed by atoms with Crippen LogP contribution in [0.3, 0.4) is 0 Å².